The Balaban J connectivity index is 1.96. The van der Waals surface area contributed by atoms with E-state index in [2.05, 4.69) is 34.6 Å². The zero-order valence-electron chi connectivity index (χ0n) is 16.2. The van der Waals surface area contributed by atoms with Gasteiger partial charge in [0.15, 0.2) is 0 Å². The third kappa shape index (κ3) is 3.92. The molecule has 0 fully saturated rings. The number of hydrogen-bond acceptors (Lipinski definition) is 4. The van der Waals surface area contributed by atoms with E-state index >= 15 is 0 Å². The van der Waals surface area contributed by atoms with Crippen molar-refractivity contribution < 1.29 is 4.79 Å². The molecule has 7 heteroatoms. The quantitative estimate of drug-likeness (QED) is 0.725. The average Bonchev–Trinajstić information content (AvgIpc) is 3.12. The van der Waals surface area contributed by atoms with Crippen molar-refractivity contribution in [2.24, 2.45) is 0 Å². The molecule has 0 bridgehead atoms. The highest BCUT2D eigenvalue weighted by molar-refractivity contribution is 5.76. The zero-order chi connectivity index (χ0) is 19.6. The third-order valence-corrected chi connectivity index (χ3v) is 4.71. The van der Waals surface area contributed by atoms with E-state index in [1.54, 1.807) is 13.0 Å². The van der Waals surface area contributed by atoms with Crippen LogP contribution in [0, 0.1) is 6.92 Å². The first-order valence-corrected chi connectivity index (χ1v) is 9.29. The Morgan fingerprint density at radius 1 is 1.19 bits per heavy atom. The fourth-order valence-electron chi connectivity index (χ4n) is 2.89. The van der Waals surface area contributed by atoms with Crippen molar-refractivity contribution >= 4 is 11.4 Å². The first kappa shape index (κ1) is 18.8. The molecule has 0 radical (unpaired) electrons. The van der Waals surface area contributed by atoms with E-state index in [0.29, 0.717) is 17.0 Å². The van der Waals surface area contributed by atoms with Crippen LogP contribution in [0.2, 0.25) is 0 Å². The Kier molecular flexibility index (Phi) is 5.39. The predicted molar refractivity (Wildman–Crippen MR) is 105 cm³/mol. The first-order chi connectivity index (χ1) is 12.9. The zero-order valence-corrected chi connectivity index (χ0v) is 16.2. The van der Waals surface area contributed by atoms with Crippen molar-refractivity contribution in [2.75, 3.05) is 0 Å². The Hall–Kier alpha value is -2.96. The number of carbonyl (C=O) groups is 1. The maximum absolute atomic E-state index is 12.8. The number of hydrogen-bond donors (Lipinski definition) is 1. The largest absolute Gasteiger partial charge is 0.352 e. The highest BCUT2D eigenvalue weighted by Crippen LogP contribution is 2.19. The summed E-state index contributed by atoms with van der Waals surface area (Å²) in [6.45, 7) is 7.69. The van der Waals surface area contributed by atoms with Crippen LogP contribution in [-0.4, -0.2) is 31.3 Å². The summed E-state index contributed by atoms with van der Waals surface area (Å²) in [6, 6.07) is 9.93. The molecule has 1 atom stereocenters. The van der Waals surface area contributed by atoms with Gasteiger partial charge >= 0.3 is 0 Å². The smallest absolute Gasteiger partial charge is 0.293 e. The highest BCUT2D eigenvalue weighted by atomic mass is 16.2. The second-order valence-electron chi connectivity index (χ2n) is 6.76. The fraction of sp³-hybridized carbons (Fsp3) is 0.400. The van der Waals surface area contributed by atoms with Gasteiger partial charge in [0.2, 0.25) is 5.91 Å². The van der Waals surface area contributed by atoms with Crippen molar-refractivity contribution in [1.29, 1.82) is 0 Å². The number of rotatable bonds is 6. The van der Waals surface area contributed by atoms with Gasteiger partial charge in [0.05, 0.1) is 5.69 Å². The molecule has 0 saturated carbocycles. The molecule has 1 N–H and O–H groups in total. The lowest BCUT2D eigenvalue weighted by Crippen LogP contribution is -2.38. The van der Waals surface area contributed by atoms with Crippen LogP contribution in [0.4, 0.5) is 0 Å². The Morgan fingerprint density at radius 3 is 2.52 bits per heavy atom. The van der Waals surface area contributed by atoms with Crippen molar-refractivity contribution in [3.63, 3.8) is 0 Å². The fourth-order valence-corrected chi connectivity index (χ4v) is 2.89. The summed E-state index contributed by atoms with van der Waals surface area (Å²) in [6.07, 6.45) is 1.80. The van der Waals surface area contributed by atoms with Gasteiger partial charge in [0, 0.05) is 11.6 Å². The number of nitrogens with zero attached hydrogens (tertiary/aromatic N) is 4. The number of fused-ring (bicyclic) bond motifs is 1. The van der Waals surface area contributed by atoms with Crippen LogP contribution in [0.5, 0.6) is 0 Å². The number of aromatic nitrogens is 4. The van der Waals surface area contributed by atoms with Gasteiger partial charge in [-0.05, 0) is 38.3 Å². The van der Waals surface area contributed by atoms with Crippen LogP contribution in [0.25, 0.3) is 16.8 Å². The maximum atomic E-state index is 12.8. The molecule has 0 unspecified atom stereocenters. The summed E-state index contributed by atoms with van der Waals surface area (Å²) in [4.78, 5) is 24.9. The van der Waals surface area contributed by atoms with Crippen molar-refractivity contribution in [3.8, 4) is 11.3 Å². The van der Waals surface area contributed by atoms with E-state index in [4.69, 9.17) is 0 Å². The summed E-state index contributed by atoms with van der Waals surface area (Å²) in [5.74, 6) is 0.329. The lowest BCUT2D eigenvalue weighted by atomic mass is 10.1. The summed E-state index contributed by atoms with van der Waals surface area (Å²) >= 11 is 0. The van der Waals surface area contributed by atoms with Gasteiger partial charge < -0.3 is 5.32 Å². The van der Waals surface area contributed by atoms with Gasteiger partial charge in [-0.3, -0.25) is 9.59 Å². The molecule has 1 aromatic carbocycles. The normalized spacial score (nSPS) is 12.3. The number of nitrogens with one attached hydrogen (secondary N) is 1. The van der Waals surface area contributed by atoms with Gasteiger partial charge in [0.1, 0.15) is 17.9 Å². The van der Waals surface area contributed by atoms with Gasteiger partial charge in [-0.15, -0.1) is 0 Å². The highest BCUT2D eigenvalue weighted by Gasteiger charge is 2.15. The van der Waals surface area contributed by atoms with Crippen LogP contribution in [0.3, 0.4) is 0 Å². The van der Waals surface area contributed by atoms with Gasteiger partial charge in [-0.25, -0.2) is 9.20 Å². The predicted octanol–water partition coefficient (Wildman–Crippen LogP) is 2.34. The van der Waals surface area contributed by atoms with E-state index < -0.39 is 0 Å². The molecule has 0 aliphatic rings. The van der Waals surface area contributed by atoms with Crippen molar-refractivity contribution in [3.05, 3.63) is 52.1 Å². The van der Waals surface area contributed by atoms with Crippen molar-refractivity contribution in [2.45, 2.75) is 53.1 Å². The number of aryl methyl sites for hydroxylation is 2. The first-order valence-electron chi connectivity index (χ1n) is 9.29. The number of benzene rings is 1. The summed E-state index contributed by atoms with van der Waals surface area (Å²) in [7, 11) is 0. The van der Waals surface area contributed by atoms with E-state index in [1.165, 1.54) is 14.8 Å². The Morgan fingerprint density at radius 2 is 1.89 bits per heavy atom. The molecule has 2 aromatic heterocycles. The van der Waals surface area contributed by atoms with Crippen molar-refractivity contribution in [1.82, 2.24) is 24.7 Å². The van der Waals surface area contributed by atoms with Crippen LogP contribution >= 0.6 is 0 Å². The minimum absolute atomic E-state index is 0.0608. The lowest BCUT2D eigenvalue weighted by molar-refractivity contribution is -0.122. The molecule has 27 heavy (non-hydrogen) atoms. The molecule has 1 amide bonds. The summed E-state index contributed by atoms with van der Waals surface area (Å²) in [5.41, 5.74) is 2.98. The molecule has 0 aliphatic carbocycles. The standard InChI is InChI=1S/C20H25N5O2/c1-5-13(3)21-19(26)12-24-20(27)18-11-17(23-25(18)14(4)22-24)16-9-7-15(6-2)8-10-16/h7-11,13H,5-6,12H2,1-4H3,(H,21,26)/t13-/m0/s1. The lowest BCUT2D eigenvalue weighted by Gasteiger charge is -2.12. The van der Waals surface area contributed by atoms with E-state index in [9.17, 15) is 9.59 Å². The van der Waals surface area contributed by atoms with Gasteiger partial charge in [0.25, 0.3) is 5.56 Å². The topological polar surface area (TPSA) is 81.3 Å². The van der Waals surface area contributed by atoms with E-state index in [-0.39, 0.29) is 24.1 Å². The van der Waals surface area contributed by atoms with Crippen LogP contribution in [-0.2, 0) is 17.8 Å². The average molecular weight is 367 g/mol. The number of amides is 1. The van der Waals surface area contributed by atoms with Crippen LogP contribution < -0.4 is 10.9 Å². The molecular formula is C20H25N5O2. The molecule has 2 heterocycles. The minimum atomic E-state index is -0.330. The monoisotopic (exact) mass is 367 g/mol. The molecule has 3 aromatic rings. The molecule has 0 saturated heterocycles. The Labute approximate surface area is 158 Å². The number of carbonyl (C=O) groups excluding carboxylic acids is 1. The SMILES string of the molecule is CCc1ccc(-c2cc3c(=O)n(CC(=O)N[C@@H](C)CC)nc(C)n3n2)cc1. The summed E-state index contributed by atoms with van der Waals surface area (Å²) in [5, 5.41) is 11.6. The molecule has 3 rings (SSSR count). The van der Waals surface area contributed by atoms with Crippen LogP contribution in [0.1, 0.15) is 38.6 Å². The second kappa shape index (κ2) is 7.73. The molecule has 0 aliphatic heterocycles. The Bertz CT molecular complexity index is 1020. The molecule has 142 valence electrons. The van der Waals surface area contributed by atoms with Gasteiger partial charge in [-0.1, -0.05) is 38.1 Å². The third-order valence-electron chi connectivity index (χ3n) is 4.71. The molecule has 7 nitrogen and oxygen atoms in total. The van der Waals surface area contributed by atoms with E-state index in [1.807, 2.05) is 26.0 Å². The van der Waals surface area contributed by atoms with E-state index in [0.717, 1.165) is 18.4 Å². The molecule has 0 spiro atoms. The summed E-state index contributed by atoms with van der Waals surface area (Å²) < 4.78 is 2.74. The van der Waals surface area contributed by atoms with Crippen LogP contribution in [0.15, 0.2) is 35.1 Å². The molecular weight excluding hydrogens is 342 g/mol. The van der Waals surface area contributed by atoms with Gasteiger partial charge in [-0.2, -0.15) is 10.2 Å². The maximum Gasteiger partial charge on any atom is 0.293 e. The second-order valence-corrected chi connectivity index (χ2v) is 6.76. The minimum Gasteiger partial charge on any atom is -0.352 e.